The maximum absolute atomic E-state index is 12.9. The Morgan fingerprint density at radius 2 is 2.00 bits per heavy atom. The number of amides is 1. The molecule has 4 rings (SSSR count). The summed E-state index contributed by atoms with van der Waals surface area (Å²) in [4.78, 5) is 22.9. The van der Waals surface area contributed by atoms with Crippen LogP contribution in [0.15, 0.2) is 55.0 Å². The largest absolute Gasteiger partial charge is 0.416 e. The molecule has 0 spiro atoms. The number of hydrogen-bond donors (Lipinski definition) is 2. The van der Waals surface area contributed by atoms with Crippen LogP contribution < -0.4 is 16.0 Å². The van der Waals surface area contributed by atoms with Crippen molar-refractivity contribution in [2.75, 3.05) is 23.3 Å². The third-order valence-electron chi connectivity index (χ3n) is 5.48. The van der Waals surface area contributed by atoms with E-state index in [1.165, 1.54) is 0 Å². The molecule has 174 valence electrons. The normalized spacial score (nSPS) is 15.6. The molecule has 1 unspecified atom stereocenters. The van der Waals surface area contributed by atoms with Crippen molar-refractivity contribution in [2.24, 2.45) is 5.73 Å². The molecule has 1 aliphatic rings. The number of carbonyl (C=O) groups is 1. The summed E-state index contributed by atoms with van der Waals surface area (Å²) in [5, 5.41) is 2.41. The minimum Gasteiger partial charge on any atom is -0.369 e. The van der Waals surface area contributed by atoms with Crippen LogP contribution in [0.4, 0.5) is 24.7 Å². The van der Waals surface area contributed by atoms with Crippen molar-refractivity contribution < 1.29 is 18.0 Å². The van der Waals surface area contributed by atoms with Crippen LogP contribution >= 0.6 is 0 Å². The Labute approximate surface area is 195 Å². The van der Waals surface area contributed by atoms with E-state index in [-0.39, 0.29) is 17.4 Å². The minimum atomic E-state index is -4.53. The number of carbonyl (C=O) groups excluding carboxylic acids is 1. The highest BCUT2D eigenvalue weighted by Crippen LogP contribution is 2.30. The first-order chi connectivity index (χ1) is 16.2. The van der Waals surface area contributed by atoms with Gasteiger partial charge in [-0.15, -0.1) is 0 Å². The lowest BCUT2D eigenvalue weighted by atomic mass is 10.0. The molecule has 1 amide bonds. The summed E-state index contributed by atoms with van der Waals surface area (Å²) in [5.41, 5.74) is 8.52. The van der Waals surface area contributed by atoms with E-state index in [0.717, 1.165) is 54.7 Å². The number of nitrogens with one attached hydrogen (secondary N) is 1. The molecule has 34 heavy (non-hydrogen) atoms. The summed E-state index contributed by atoms with van der Waals surface area (Å²) in [5.74, 6) is 5.38. The number of aromatic nitrogens is 2. The zero-order valence-electron chi connectivity index (χ0n) is 18.4. The van der Waals surface area contributed by atoms with Gasteiger partial charge in [-0.25, -0.2) is 4.98 Å². The van der Waals surface area contributed by atoms with Crippen molar-refractivity contribution in [1.82, 2.24) is 9.97 Å². The van der Waals surface area contributed by atoms with Gasteiger partial charge >= 0.3 is 6.18 Å². The number of hydrogen-bond acceptors (Lipinski definition) is 5. The van der Waals surface area contributed by atoms with Gasteiger partial charge in [0.15, 0.2) is 0 Å². The molecule has 0 saturated carbocycles. The fraction of sp³-hybridized carbons (Fsp3) is 0.240. The average molecular weight is 465 g/mol. The van der Waals surface area contributed by atoms with Crippen LogP contribution in [0, 0.1) is 18.8 Å². The SMILES string of the molecule is Cc1ccc(C(=O)Nc2cc(C(F)(F)F)ccn2)cc1C#Cc1cncc(N2CCC(N)C2)c1. The highest BCUT2D eigenvalue weighted by molar-refractivity contribution is 6.04. The first-order valence-corrected chi connectivity index (χ1v) is 10.6. The number of anilines is 2. The summed E-state index contributed by atoms with van der Waals surface area (Å²) in [7, 11) is 0. The molecule has 0 aliphatic carbocycles. The quantitative estimate of drug-likeness (QED) is 0.572. The molecule has 3 aromatic rings. The molecule has 1 aromatic carbocycles. The highest BCUT2D eigenvalue weighted by atomic mass is 19.4. The van der Waals surface area contributed by atoms with Gasteiger partial charge in [0, 0.05) is 48.2 Å². The van der Waals surface area contributed by atoms with E-state index in [9.17, 15) is 18.0 Å². The van der Waals surface area contributed by atoms with E-state index in [1.54, 1.807) is 30.6 Å². The monoisotopic (exact) mass is 465 g/mol. The van der Waals surface area contributed by atoms with Gasteiger partial charge in [0.1, 0.15) is 5.82 Å². The van der Waals surface area contributed by atoms with Crippen LogP contribution in [-0.2, 0) is 6.18 Å². The van der Waals surface area contributed by atoms with Gasteiger partial charge in [0.25, 0.3) is 5.91 Å². The third-order valence-corrected chi connectivity index (χ3v) is 5.48. The zero-order valence-corrected chi connectivity index (χ0v) is 18.4. The number of alkyl halides is 3. The number of benzene rings is 1. The minimum absolute atomic E-state index is 0.150. The van der Waals surface area contributed by atoms with Crippen molar-refractivity contribution in [1.29, 1.82) is 0 Å². The van der Waals surface area contributed by atoms with Gasteiger partial charge in [-0.1, -0.05) is 17.9 Å². The molecule has 1 atom stereocenters. The van der Waals surface area contributed by atoms with E-state index in [1.807, 2.05) is 13.0 Å². The lowest BCUT2D eigenvalue weighted by molar-refractivity contribution is -0.137. The molecule has 0 bridgehead atoms. The van der Waals surface area contributed by atoms with Crippen LogP contribution in [0.3, 0.4) is 0 Å². The maximum atomic E-state index is 12.9. The lowest BCUT2D eigenvalue weighted by Gasteiger charge is -2.17. The van der Waals surface area contributed by atoms with Crippen LogP contribution in [0.5, 0.6) is 0 Å². The first kappa shape index (κ1) is 23.3. The average Bonchev–Trinajstić information content (AvgIpc) is 3.24. The number of rotatable bonds is 3. The predicted octanol–water partition coefficient (Wildman–Crippen LogP) is 3.99. The molecule has 2 aromatic heterocycles. The second-order valence-electron chi connectivity index (χ2n) is 8.09. The smallest absolute Gasteiger partial charge is 0.369 e. The summed E-state index contributed by atoms with van der Waals surface area (Å²) < 4.78 is 38.7. The lowest BCUT2D eigenvalue weighted by Crippen LogP contribution is -2.26. The van der Waals surface area contributed by atoms with E-state index >= 15 is 0 Å². The Hall–Kier alpha value is -3.90. The van der Waals surface area contributed by atoms with Gasteiger partial charge in [0.05, 0.1) is 17.4 Å². The van der Waals surface area contributed by atoms with E-state index in [2.05, 4.69) is 32.0 Å². The number of aryl methyl sites for hydroxylation is 1. The molecule has 3 heterocycles. The molecule has 6 nitrogen and oxygen atoms in total. The highest BCUT2D eigenvalue weighted by Gasteiger charge is 2.30. The van der Waals surface area contributed by atoms with Gasteiger partial charge in [-0.2, -0.15) is 13.2 Å². The third kappa shape index (κ3) is 5.53. The first-order valence-electron chi connectivity index (χ1n) is 10.6. The predicted molar refractivity (Wildman–Crippen MR) is 123 cm³/mol. The van der Waals surface area contributed by atoms with Crippen molar-refractivity contribution in [2.45, 2.75) is 25.6 Å². The summed E-state index contributed by atoms with van der Waals surface area (Å²) in [6.45, 7) is 3.51. The van der Waals surface area contributed by atoms with E-state index in [4.69, 9.17) is 5.73 Å². The van der Waals surface area contributed by atoms with Crippen molar-refractivity contribution >= 4 is 17.4 Å². The van der Waals surface area contributed by atoms with Crippen LogP contribution in [0.1, 0.15) is 39.0 Å². The second-order valence-corrected chi connectivity index (χ2v) is 8.09. The Morgan fingerprint density at radius 1 is 1.18 bits per heavy atom. The van der Waals surface area contributed by atoms with Crippen LogP contribution in [0.2, 0.25) is 0 Å². The molecule has 3 N–H and O–H groups in total. The van der Waals surface area contributed by atoms with Gasteiger partial charge in [-0.05, 0) is 49.2 Å². The number of halogens is 3. The van der Waals surface area contributed by atoms with Crippen molar-refractivity contribution in [3.05, 3.63) is 82.8 Å². The fourth-order valence-corrected chi connectivity index (χ4v) is 3.59. The van der Waals surface area contributed by atoms with Gasteiger partial charge in [-0.3, -0.25) is 9.78 Å². The van der Waals surface area contributed by atoms with Gasteiger partial charge < -0.3 is 16.0 Å². The standard InChI is InChI=1S/C25H22F3N5O/c1-16-2-4-19(24(34)32-23-12-20(6-8-31-23)25(26,27)28)11-18(16)5-3-17-10-22(14-30-13-17)33-9-7-21(29)15-33/h2,4,6,8,10-14,21H,7,9,15,29H2,1H3,(H,31,32,34). The Morgan fingerprint density at radius 3 is 2.74 bits per heavy atom. The maximum Gasteiger partial charge on any atom is 0.416 e. The summed E-state index contributed by atoms with van der Waals surface area (Å²) in [6, 6.07) is 8.65. The van der Waals surface area contributed by atoms with E-state index in [0.29, 0.717) is 5.56 Å². The van der Waals surface area contributed by atoms with E-state index < -0.39 is 17.6 Å². The Balaban J connectivity index is 1.53. The van der Waals surface area contributed by atoms with Gasteiger partial charge in [0.2, 0.25) is 0 Å². The molecular formula is C25H22F3N5O. The molecule has 1 fully saturated rings. The molecule has 1 saturated heterocycles. The summed E-state index contributed by atoms with van der Waals surface area (Å²) in [6.07, 6.45) is 0.851. The fourth-order valence-electron chi connectivity index (χ4n) is 3.59. The Kier molecular flexibility index (Phi) is 6.52. The molecular weight excluding hydrogens is 443 g/mol. The van der Waals surface area contributed by atoms with Crippen molar-refractivity contribution in [3.63, 3.8) is 0 Å². The molecule has 0 radical (unpaired) electrons. The number of nitrogens with zero attached hydrogens (tertiary/aromatic N) is 3. The van der Waals surface area contributed by atoms with Crippen molar-refractivity contribution in [3.8, 4) is 11.8 Å². The van der Waals surface area contributed by atoms with Crippen LogP contribution in [-0.4, -0.2) is 35.0 Å². The summed E-state index contributed by atoms with van der Waals surface area (Å²) >= 11 is 0. The number of nitrogens with two attached hydrogens (primary N) is 1. The second kappa shape index (κ2) is 9.53. The van der Waals surface area contributed by atoms with Crippen LogP contribution in [0.25, 0.3) is 0 Å². The zero-order chi connectivity index (χ0) is 24.3. The molecule has 9 heteroatoms. The Bertz CT molecular complexity index is 1280. The number of pyridine rings is 2. The topological polar surface area (TPSA) is 84.1 Å². The molecule has 1 aliphatic heterocycles.